The predicted octanol–water partition coefficient (Wildman–Crippen LogP) is 1.74. The van der Waals surface area contributed by atoms with E-state index in [0.717, 1.165) is 31.5 Å². The maximum Gasteiger partial charge on any atom is 0.124 e. The number of rotatable bonds is 5. The fourth-order valence-electron chi connectivity index (χ4n) is 3.54. The first-order valence-electron chi connectivity index (χ1n) is 9.23. The van der Waals surface area contributed by atoms with Crippen molar-refractivity contribution in [2.24, 2.45) is 23.1 Å². The molecule has 1 atom stereocenters. The molecule has 1 unspecified atom stereocenters. The second-order valence-electron chi connectivity index (χ2n) is 7.05. The van der Waals surface area contributed by atoms with Gasteiger partial charge in [-0.25, -0.2) is 4.68 Å². The van der Waals surface area contributed by atoms with Gasteiger partial charge in [0.05, 0.1) is 6.20 Å². The number of hydrogen-bond donors (Lipinski definition) is 5. The maximum absolute atomic E-state index is 10.00. The van der Waals surface area contributed by atoms with Crippen LogP contribution in [0.2, 0.25) is 0 Å². The van der Waals surface area contributed by atoms with Crippen LogP contribution in [0.25, 0.3) is 11.4 Å². The highest BCUT2D eigenvalue weighted by atomic mass is 16.3. The highest BCUT2D eigenvalue weighted by Gasteiger charge is 2.22. The molecule has 0 amide bonds. The summed E-state index contributed by atoms with van der Waals surface area (Å²) in [6.45, 7) is 4.35. The number of nitrogens with one attached hydrogen (secondary N) is 1. The van der Waals surface area contributed by atoms with Gasteiger partial charge in [0.2, 0.25) is 0 Å². The number of nitrogens with two attached hydrogens (primary N) is 3. The third kappa shape index (κ3) is 4.25. The van der Waals surface area contributed by atoms with Gasteiger partial charge >= 0.3 is 0 Å². The highest BCUT2D eigenvalue weighted by molar-refractivity contribution is 5.77. The molecule has 1 aliphatic rings. The summed E-state index contributed by atoms with van der Waals surface area (Å²) in [5.74, 6) is 1.24. The lowest BCUT2D eigenvalue weighted by Crippen LogP contribution is -2.30. The molecule has 1 aliphatic heterocycles. The number of aromatic hydroxyl groups is 1. The summed E-state index contributed by atoms with van der Waals surface area (Å²) < 4.78 is 1.65. The van der Waals surface area contributed by atoms with E-state index in [0.29, 0.717) is 28.8 Å². The minimum absolute atomic E-state index is 0.0990. The van der Waals surface area contributed by atoms with Crippen molar-refractivity contribution in [3.05, 3.63) is 59.7 Å². The number of allylic oxidation sites excluding steroid dienone is 2. The number of phenolic OH excluding ortho intramolecular Hbond substituents is 1. The summed E-state index contributed by atoms with van der Waals surface area (Å²) in [4.78, 5) is 0. The molecule has 2 aromatic rings. The fraction of sp³-hybridized carbons (Fsp3) is 0.350. The standard InChI is InChI=1S/C20H28N6O/c1-13(14-6-8-24-9-7-14)15-11-25-26(12-15)18(20(22)23)10-17(21)16-4-2-3-5-19(16)27/h2-5,10-14,24,27H,6-9,21-23H2,1H3/b17-10-. The molecular weight excluding hydrogens is 340 g/mol. The Balaban J connectivity index is 1.87. The van der Waals surface area contributed by atoms with Crippen molar-refractivity contribution in [1.82, 2.24) is 15.1 Å². The largest absolute Gasteiger partial charge is 0.507 e. The smallest absolute Gasteiger partial charge is 0.124 e. The number of nitrogens with zero attached hydrogens (tertiary/aromatic N) is 2. The monoisotopic (exact) mass is 368 g/mol. The minimum Gasteiger partial charge on any atom is -0.507 e. The van der Waals surface area contributed by atoms with Gasteiger partial charge in [-0.05, 0) is 61.5 Å². The van der Waals surface area contributed by atoms with Gasteiger partial charge in [-0.15, -0.1) is 0 Å². The van der Waals surface area contributed by atoms with Crippen molar-refractivity contribution in [3.63, 3.8) is 0 Å². The van der Waals surface area contributed by atoms with E-state index >= 15 is 0 Å². The molecule has 0 saturated carbocycles. The lowest BCUT2D eigenvalue weighted by molar-refractivity contribution is 0.330. The van der Waals surface area contributed by atoms with Crippen molar-refractivity contribution in [2.45, 2.75) is 25.7 Å². The molecule has 8 N–H and O–H groups in total. The SMILES string of the molecule is CC(c1cnn(C(/C=C(\N)c2ccccc2O)=C(N)N)c1)C1CCNCC1. The summed E-state index contributed by atoms with van der Waals surface area (Å²) in [7, 11) is 0. The van der Waals surface area contributed by atoms with Crippen LogP contribution in [0, 0.1) is 5.92 Å². The average Bonchev–Trinajstić information content (AvgIpc) is 3.16. The number of hydrogen-bond acceptors (Lipinski definition) is 6. The van der Waals surface area contributed by atoms with Crippen molar-refractivity contribution in [1.29, 1.82) is 0 Å². The Morgan fingerprint density at radius 1 is 1.26 bits per heavy atom. The molecule has 0 spiro atoms. The van der Waals surface area contributed by atoms with Crippen LogP contribution < -0.4 is 22.5 Å². The van der Waals surface area contributed by atoms with E-state index in [4.69, 9.17) is 17.2 Å². The van der Waals surface area contributed by atoms with Gasteiger partial charge in [0.15, 0.2) is 0 Å². The molecule has 27 heavy (non-hydrogen) atoms. The predicted molar refractivity (Wildman–Crippen MR) is 108 cm³/mol. The quantitative estimate of drug-likeness (QED) is 0.511. The molecule has 1 aromatic heterocycles. The summed E-state index contributed by atoms with van der Waals surface area (Å²) in [5.41, 5.74) is 20.5. The maximum atomic E-state index is 10.00. The first kappa shape index (κ1) is 18.8. The fourth-order valence-corrected chi connectivity index (χ4v) is 3.54. The van der Waals surface area contributed by atoms with Crippen molar-refractivity contribution < 1.29 is 5.11 Å². The lowest BCUT2D eigenvalue weighted by Gasteiger charge is -2.27. The Kier molecular flexibility index (Phi) is 5.71. The summed E-state index contributed by atoms with van der Waals surface area (Å²) in [6, 6.07) is 6.86. The van der Waals surface area contributed by atoms with Gasteiger partial charge in [0.1, 0.15) is 17.3 Å². The number of piperidine rings is 1. The Morgan fingerprint density at radius 2 is 1.96 bits per heavy atom. The average molecular weight is 368 g/mol. The van der Waals surface area contributed by atoms with Crippen molar-refractivity contribution >= 4 is 11.4 Å². The van der Waals surface area contributed by atoms with Gasteiger partial charge in [0.25, 0.3) is 0 Å². The van der Waals surface area contributed by atoms with Crippen LogP contribution in [0.5, 0.6) is 5.75 Å². The molecule has 0 radical (unpaired) electrons. The van der Waals surface area contributed by atoms with Crippen molar-refractivity contribution in [2.75, 3.05) is 13.1 Å². The van der Waals surface area contributed by atoms with Gasteiger partial charge in [0, 0.05) is 17.5 Å². The second-order valence-corrected chi connectivity index (χ2v) is 7.05. The van der Waals surface area contributed by atoms with Crippen LogP contribution in [-0.4, -0.2) is 28.0 Å². The third-order valence-electron chi connectivity index (χ3n) is 5.27. The Hall–Kier alpha value is -2.93. The first-order chi connectivity index (χ1) is 13.0. The molecule has 144 valence electrons. The summed E-state index contributed by atoms with van der Waals surface area (Å²) in [5, 5.41) is 17.8. The Labute approximate surface area is 159 Å². The van der Waals surface area contributed by atoms with Crippen LogP contribution in [0.1, 0.15) is 36.8 Å². The van der Waals surface area contributed by atoms with E-state index in [1.165, 1.54) is 0 Å². The molecule has 2 heterocycles. The number of aromatic nitrogens is 2. The van der Waals surface area contributed by atoms with E-state index in [2.05, 4.69) is 17.3 Å². The second kappa shape index (κ2) is 8.18. The van der Waals surface area contributed by atoms with Crippen molar-refractivity contribution in [3.8, 4) is 5.75 Å². The Bertz CT molecular complexity index is 844. The molecule has 0 aliphatic carbocycles. The van der Waals surface area contributed by atoms with E-state index in [9.17, 15) is 5.11 Å². The number of para-hydroxylation sites is 1. The zero-order valence-electron chi connectivity index (χ0n) is 15.6. The molecule has 7 nitrogen and oxygen atoms in total. The molecule has 7 heteroatoms. The van der Waals surface area contributed by atoms with Gasteiger partial charge in [-0.3, -0.25) is 0 Å². The molecule has 1 saturated heterocycles. The number of phenols is 1. The van der Waals surface area contributed by atoms with E-state index in [1.807, 2.05) is 12.4 Å². The molecule has 1 aromatic carbocycles. The van der Waals surface area contributed by atoms with Crippen LogP contribution in [0.15, 0.2) is 48.6 Å². The molecular formula is C20H28N6O. The van der Waals surface area contributed by atoms with E-state index in [-0.39, 0.29) is 11.6 Å². The van der Waals surface area contributed by atoms with Crippen LogP contribution in [0.4, 0.5) is 0 Å². The Morgan fingerprint density at radius 3 is 2.63 bits per heavy atom. The van der Waals surface area contributed by atoms with Gasteiger partial charge < -0.3 is 27.6 Å². The minimum atomic E-state index is 0.0990. The molecule has 3 rings (SSSR count). The normalized spacial score (nSPS) is 16.9. The molecule has 0 bridgehead atoms. The first-order valence-corrected chi connectivity index (χ1v) is 9.23. The lowest BCUT2D eigenvalue weighted by atomic mass is 9.83. The van der Waals surface area contributed by atoms with Crippen LogP contribution in [0.3, 0.4) is 0 Å². The van der Waals surface area contributed by atoms with Gasteiger partial charge in [-0.1, -0.05) is 19.1 Å². The summed E-state index contributed by atoms with van der Waals surface area (Å²) in [6.07, 6.45) is 7.77. The van der Waals surface area contributed by atoms with Crippen LogP contribution in [-0.2, 0) is 0 Å². The third-order valence-corrected chi connectivity index (χ3v) is 5.27. The number of benzene rings is 1. The zero-order chi connectivity index (χ0) is 19.4. The van der Waals surface area contributed by atoms with E-state index < -0.39 is 0 Å². The van der Waals surface area contributed by atoms with E-state index in [1.54, 1.807) is 35.0 Å². The highest BCUT2D eigenvalue weighted by Crippen LogP contribution is 2.31. The van der Waals surface area contributed by atoms with Gasteiger partial charge in [-0.2, -0.15) is 5.10 Å². The van der Waals surface area contributed by atoms with Crippen LogP contribution >= 0.6 is 0 Å². The summed E-state index contributed by atoms with van der Waals surface area (Å²) >= 11 is 0. The topological polar surface area (TPSA) is 128 Å². The zero-order valence-corrected chi connectivity index (χ0v) is 15.6. The molecule has 1 fully saturated rings.